The Kier molecular flexibility index (Phi) is 7.68. The standard InChI is InChI=1S/C54H37N5S/c1-54(2)43-29-12-9-22-36(43)38-25-15-27-41(49(38)54)51-55-52(42-28-16-26-39-37-23-10-13-30-44(37)58(50(39)42)34-18-5-3-6-19-34)57-53(56-51)59(35-20-7-4-8-21-35)45-31-17-33-47-48(45)40-24-11-14-32-46(40)60-47/h3-33H,1-2H3. The van der Waals surface area contributed by atoms with Crippen LogP contribution in [0.15, 0.2) is 188 Å². The van der Waals surface area contributed by atoms with Crippen molar-refractivity contribution < 1.29 is 0 Å². The van der Waals surface area contributed by atoms with Gasteiger partial charge >= 0.3 is 0 Å². The van der Waals surface area contributed by atoms with Gasteiger partial charge in [0.15, 0.2) is 11.6 Å². The predicted molar refractivity (Wildman–Crippen MR) is 250 cm³/mol. The zero-order valence-electron chi connectivity index (χ0n) is 33.0. The van der Waals surface area contributed by atoms with E-state index in [1.54, 1.807) is 0 Å². The molecule has 8 aromatic carbocycles. The van der Waals surface area contributed by atoms with Gasteiger partial charge in [0.05, 0.1) is 16.7 Å². The van der Waals surface area contributed by atoms with Crippen molar-refractivity contribution in [3.05, 3.63) is 199 Å². The molecule has 0 amide bonds. The lowest BCUT2D eigenvalue weighted by atomic mass is 9.80. The van der Waals surface area contributed by atoms with Gasteiger partial charge in [-0.3, -0.25) is 4.90 Å². The molecular formula is C54H37N5S. The summed E-state index contributed by atoms with van der Waals surface area (Å²) in [4.78, 5) is 18.9. The second kappa shape index (κ2) is 13.3. The lowest BCUT2D eigenvalue weighted by Crippen LogP contribution is -2.18. The predicted octanol–water partition coefficient (Wildman–Crippen LogP) is 14.4. The fraction of sp³-hybridized carbons (Fsp3) is 0.0556. The molecule has 60 heavy (non-hydrogen) atoms. The summed E-state index contributed by atoms with van der Waals surface area (Å²) in [7, 11) is 0. The molecule has 5 nitrogen and oxygen atoms in total. The summed E-state index contributed by atoms with van der Waals surface area (Å²) in [5.74, 6) is 1.79. The summed E-state index contributed by atoms with van der Waals surface area (Å²) in [5.41, 5.74) is 11.9. The molecule has 0 fully saturated rings. The normalized spacial score (nSPS) is 13.0. The highest BCUT2D eigenvalue weighted by Gasteiger charge is 2.38. The molecule has 0 saturated carbocycles. The van der Waals surface area contributed by atoms with E-state index in [1.807, 2.05) is 11.3 Å². The fourth-order valence-corrected chi connectivity index (χ4v) is 10.8. The molecule has 0 bridgehead atoms. The molecule has 0 spiro atoms. The van der Waals surface area contributed by atoms with Crippen LogP contribution in [0, 0.1) is 0 Å². The molecule has 1 aliphatic carbocycles. The number of fused-ring (bicyclic) bond motifs is 9. The number of hydrogen-bond donors (Lipinski definition) is 0. The van der Waals surface area contributed by atoms with E-state index in [9.17, 15) is 0 Å². The summed E-state index contributed by atoms with van der Waals surface area (Å²) in [5, 5.41) is 4.70. The van der Waals surface area contributed by atoms with Crippen LogP contribution in [0.25, 0.3) is 81.6 Å². The van der Waals surface area contributed by atoms with Crippen molar-refractivity contribution in [2.45, 2.75) is 19.3 Å². The number of rotatable bonds is 6. The number of anilines is 3. The average molecular weight is 788 g/mol. The smallest absolute Gasteiger partial charge is 0.238 e. The van der Waals surface area contributed by atoms with Crippen LogP contribution in [0.5, 0.6) is 0 Å². The van der Waals surface area contributed by atoms with Crippen LogP contribution in [0.4, 0.5) is 17.3 Å². The first-order valence-electron chi connectivity index (χ1n) is 20.4. The van der Waals surface area contributed by atoms with E-state index in [0.717, 1.165) is 44.6 Å². The third kappa shape index (κ3) is 5.14. The summed E-state index contributed by atoms with van der Waals surface area (Å²) in [6.07, 6.45) is 0. The third-order valence-electron chi connectivity index (χ3n) is 12.2. The lowest BCUT2D eigenvalue weighted by molar-refractivity contribution is 0.661. The molecule has 0 radical (unpaired) electrons. The minimum Gasteiger partial charge on any atom is -0.309 e. The quantitative estimate of drug-likeness (QED) is 0.168. The maximum absolute atomic E-state index is 5.57. The van der Waals surface area contributed by atoms with Crippen molar-refractivity contribution >= 4 is 70.6 Å². The van der Waals surface area contributed by atoms with E-state index >= 15 is 0 Å². The molecule has 12 rings (SSSR count). The van der Waals surface area contributed by atoms with Gasteiger partial charge in [-0.25, -0.2) is 4.98 Å². The first-order chi connectivity index (χ1) is 29.5. The average Bonchev–Trinajstić information content (AvgIpc) is 3.93. The van der Waals surface area contributed by atoms with Crippen molar-refractivity contribution in [3.63, 3.8) is 0 Å². The highest BCUT2D eigenvalue weighted by Crippen LogP contribution is 2.52. The summed E-state index contributed by atoms with van der Waals surface area (Å²) in [6.45, 7) is 4.64. The molecule has 3 aromatic heterocycles. The summed E-state index contributed by atoms with van der Waals surface area (Å²) in [6, 6.07) is 66.9. The Balaban J connectivity index is 1.20. The van der Waals surface area contributed by atoms with Crippen molar-refractivity contribution in [2.75, 3.05) is 4.90 Å². The molecule has 3 heterocycles. The molecule has 0 saturated heterocycles. The molecule has 0 N–H and O–H groups in total. The Labute approximate surface area is 351 Å². The highest BCUT2D eigenvalue weighted by molar-refractivity contribution is 7.26. The van der Waals surface area contributed by atoms with Crippen LogP contribution in [0.3, 0.4) is 0 Å². The molecular weight excluding hydrogens is 751 g/mol. The van der Waals surface area contributed by atoms with E-state index in [2.05, 4.69) is 211 Å². The van der Waals surface area contributed by atoms with Crippen LogP contribution >= 0.6 is 11.3 Å². The maximum atomic E-state index is 5.57. The SMILES string of the molecule is CC1(C)c2ccccc2-c2cccc(-c3nc(-c4cccc5c6ccccc6n(-c6ccccc6)c45)nc(N(c4ccccc4)c4cccc5sc6ccccc6c45)n3)c21. The van der Waals surface area contributed by atoms with Gasteiger partial charge < -0.3 is 4.57 Å². The lowest BCUT2D eigenvalue weighted by Gasteiger charge is -2.26. The molecule has 0 aliphatic heterocycles. The van der Waals surface area contributed by atoms with E-state index < -0.39 is 0 Å². The van der Waals surface area contributed by atoms with Crippen molar-refractivity contribution in [3.8, 4) is 39.6 Å². The van der Waals surface area contributed by atoms with Crippen LogP contribution < -0.4 is 4.90 Å². The minimum absolute atomic E-state index is 0.282. The summed E-state index contributed by atoms with van der Waals surface area (Å²) >= 11 is 1.81. The van der Waals surface area contributed by atoms with Gasteiger partial charge in [-0.2, -0.15) is 9.97 Å². The van der Waals surface area contributed by atoms with E-state index in [0.29, 0.717) is 17.6 Å². The summed E-state index contributed by atoms with van der Waals surface area (Å²) < 4.78 is 4.81. The molecule has 284 valence electrons. The van der Waals surface area contributed by atoms with Crippen LogP contribution in [-0.2, 0) is 5.41 Å². The van der Waals surface area contributed by atoms with Crippen molar-refractivity contribution in [2.24, 2.45) is 0 Å². The molecule has 1 aliphatic rings. The number of benzene rings is 8. The Morgan fingerprint density at radius 3 is 1.93 bits per heavy atom. The second-order valence-electron chi connectivity index (χ2n) is 16.0. The molecule has 0 atom stereocenters. The van der Waals surface area contributed by atoms with Crippen molar-refractivity contribution in [1.29, 1.82) is 0 Å². The van der Waals surface area contributed by atoms with Crippen LogP contribution in [-0.4, -0.2) is 19.5 Å². The second-order valence-corrected chi connectivity index (χ2v) is 17.1. The van der Waals surface area contributed by atoms with Gasteiger partial charge in [0, 0.05) is 58.9 Å². The monoisotopic (exact) mass is 787 g/mol. The first kappa shape index (κ1) is 34.6. The molecule has 0 unspecified atom stereocenters. The van der Waals surface area contributed by atoms with Crippen molar-refractivity contribution in [1.82, 2.24) is 19.5 Å². The molecule has 11 aromatic rings. The van der Waals surface area contributed by atoms with Gasteiger partial charge in [-0.05, 0) is 76.9 Å². The van der Waals surface area contributed by atoms with E-state index in [4.69, 9.17) is 15.0 Å². The largest absolute Gasteiger partial charge is 0.309 e. The van der Waals surface area contributed by atoms with Gasteiger partial charge in [0.25, 0.3) is 0 Å². The van der Waals surface area contributed by atoms with E-state index in [1.165, 1.54) is 47.8 Å². The number of hydrogen-bond acceptors (Lipinski definition) is 5. The Morgan fingerprint density at radius 1 is 0.483 bits per heavy atom. The number of para-hydroxylation sites is 4. The van der Waals surface area contributed by atoms with Gasteiger partial charge in [0.2, 0.25) is 5.95 Å². The van der Waals surface area contributed by atoms with Gasteiger partial charge in [0.1, 0.15) is 0 Å². The highest BCUT2D eigenvalue weighted by atomic mass is 32.1. The Bertz CT molecular complexity index is 3470. The fourth-order valence-electron chi connectivity index (χ4n) is 9.67. The van der Waals surface area contributed by atoms with Crippen LogP contribution in [0.1, 0.15) is 25.0 Å². The van der Waals surface area contributed by atoms with E-state index in [-0.39, 0.29) is 5.41 Å². The number of thiophene rings is 1. The zero-order valence-corrected chi connectivity index (χ0v) is 33.9. The maximum Gasteiger partial charge on any atom is 0.238 e. The third-order valence-corrected chi connectivity index (χ3v) is 13.4. The van der Waals surface area contributed by atoms with Gasteiger partial charge in [-0.15, -0.1) is 11.3 Å². The first-order valence-corrected chi connectivity index (χ1v) is 21.2. The van der Waals surface area contributed by atoms with Gasteiger partial charge in [-0.1, -0.05) is 147 Å². The molecule has 6 heteroatoms. The van der Waals surface area contributed by atoms with Crippen LogP contribution in [0.2, 0.25) is 0 Å². The topological polar surface area (TPSA) is 46.8 Å². The minimum atomic E-state index is -0.282. The number of nitrogens with zero attached hydrogens (tertiary/aromatic N) is 5. The number of aromatic nitrogens is 4. The zero-order chi connectivity index (χ0) is 40.0. The Hall–Kier alpha value is -7.41. The Morgan fingerprint density at radius 2 is 1.08 bits per heavy atom.